The second-order valence-corrected chi connectivity index (χ2v) is 20.5. The van der Waals surface area contributed by atoms with E-state index in [4.69, 9.17) is 0 Å². The average molecular weight is 831 g/mol. The number of rotatable bonds is 4. The van der Waals surface area contributed by atoms with Crippen molar-refractivity contribution in [2.45, 2.75) is 31.1 Å². The van der Waals surface area contributed by atoms with Crippen LogP contribution >= 0.6 is 0 Å². The molecule has 5 aliphatic carbocycles. The van der Waals surface area contributed by atoms with Crippen LogP contribution in [0.15, 0.2) is 194 Å². The molecule has 1 spiro atoms. The number of nitrogens with zero attached hydrogens (tertiary/aromatic N) is 2. The van der Waals surface area contributed by atoms with E-state index in [1.807, 2.05) is 0 Å². The Hall–Kier alpha value is -7.16. The topological polar surface area (TPSA) is 9.86 Å². The van der Waals surface area contributed by atoms with Gasteiger partial charge in [-0.05, 0) is 183 Å². The molecule has 16 rings (SSSR count). The Morgan fingerprint density at radius 2 is 1.00 bits per heavy atom. The van der Waals surface area contributed by atoms with Gasteiger partial charge < -0.3 is 9.13 Å². The predicted molar refractivity (Wildman–Crippen MR) is 269 cm³/mol. The third-order valence-corrected chi connectivity index (χ3v) is 17.6. The Labute approximate surface area is 378 Å². The fourth-order valence-electron chi connectivity index (χ4n) is 15.3. The summed E-state index contributed by atoms with van der Waals surface area (Å²) >= 11 is 0. The first-order valence-corrected chi connectivity index (χ1v) is 24.1. The lowest BCUT2D eigenvalue weighted by molar-refractivity contribution is 0.0630. The van der Waals surface area contributed by atoms with Crippen molar-refractivity contribution in [2.24, 2.45) is 35.5 Å². The maximum Gasteiger partial charge on any atom is 0.0541 e. The van der Waals surface area contributed by atoms with E-state index < -0.39 is 0 Å². The van der Waals surface area contributed by atoms with E-state index in [9.17, 15) is 0 Å². The molecule has 7 atom stereocenters. The van der Waals surface area contributed by atoms with Crippen molar-refractivity contribution in [3.05, 3.63) is 205 Å². The van der Waals surface area contributed by atoms with Gasteiger partial charge in [-0.2, -0.15) is 0 Å². The van der Waals surface area contributed by atoms with Gasteiger partial charge in [-0.1, -0.05) is 127 Å². The summed E-state index contributed by atoms with van der Waals surface area (Å²) in [7, 11) is 0. The van der Waals surface area contributed by atoms with Crippen LogP contribution < -0.4 is 0 Å². The number of benzene rings is 9. The monoisotopic (exact) mass is 830 g/mol. The fourth-order valence-corrected chi connectivity index (χ4v) is 15.3. The van der Waals surface area contributed by atoms with Gasteiger partial charge in [-0.25, -0.2) is 0 Å². The van der Waals surface area contributed by atoms with Crippen LogP contribution in [-0.4, -0.2) is 9.13 Å². The van der Waals surface area contributed by atoms with Crippen LogP contribution in [-0.2, 0) is 5.41 Å². The minimum atomic E-state index is 0.163. The molecule has 0 amide bonds. The number of hydrogen-bond donors (Lipinski definition) is 0. The average Bonchev–Trinajstić information content (AvgIpc) is 3.75. The van der Waals surface area contributed by atoms with E-state index in [2.05, 4.69) is 203 Å². The Kier molecular flexibility index (Phi) is 6.80. The maximum atomic E-state index is 2.66. The number of fused-ring (bicyclic) bond motifs is 17. The molecule has 0 radical (unpaired) electrons. The lowest BCUT2D eigenvalue weighted by atomic mass is 9.53. The largest absolute Gasteiger partial charge is 0.309 e. The number of hydrogen-bond acceptors (Lipinski definition) is 0. The molecule has 4 fully saturated rings. The molecule has 5 aliphatic rings. The van der Waals surface area contributed by atoms with Gasteiger partial charge in [0, 0.05) is 38.3 Å². The molecule has 65 heavy (non-hydrogen) atoms. The maximum absolute atomic E-state index is 2.66. The highest BCUT2D eigenvalue weighted by Gasteiger charge is 2.74. The summed E-state index contributed by atoms with van der Waals surface area (Å²) in [6.07, 6.45) is 5.82. The molecule has 2 aromatic heterocycles. The highest BCUT2D eigenvalue weighted by Crippen LogP contribution is 2.80. The lowest BCUT2D eigenvalue weighted by Gasteiger charge is -2.50. The van der Waals surface area contributed by atoms with E-state index in [1.54, 1.807) is 11.1 Å². The Bertz CT molecular complexity index is 3850. The van der Waals surface area contributed by atoms with Crippen molar-refractivity contribution in [2.75, 3.05) is 0 Å². The summed E-state index contributed by atoms with van der Waals surface area (Å²) in [6, 6.07) is 73.9. The Morgan fingerprint density at radius 3 is 1.78 bits per heavy atom. The molecule has 3 bridgehead atoms. The summed E-state index contributed by atoms with van der Waals surface area (Å²) in [5.74, 6) is 5.32. The van der Waals surface area contributed by atoms with Crippen LogP contribution in [0, 0.1) is 35.5 Å². The van der Waals surface area contributed by atoms with Crippen molar-refractivity contribution >= 4 is 54.4 Å². The van der Waals surface area contributed by atoms with Crippen LogP contribution in [0.5, 0.6) is 0 Å². The van der Waals surface area contributed by atoms with Crippen molar-refractivity contribution in [3.63, 3.8) is 0 Å². The van der Waals surface area contributed by atoms with Gasteiger partial charge in [0.15, 0.2) is 0 Å². The number of aromatic nitrogens is 2. The van der Waals surface area contributed by atoms with Gasteiger partial charge in [0.2, 0.25) is 0 Å². The van der Waals surface area contributed by atoms with E-state index in [1.165, 1.54) is 125 Å². The van der Waals surface area contributed by atoms with Gasteiger partial charge in [0.25, 0.3) is 0 Å². The normalized spacial score (nSPS) is 24.4. The molecule has 9 aromatic carbocycles. The molecular formula is C63H46N2. The molecular weight excluding hydrogens is 785 g/mol. The second-order valence-electron chi connectivity index (χ2n) is 20.5. The smallest absolute Gasteiger partial charge is 0.0541 e. The zero-order valence-electron chi connectivity index (χ0n) is 36.2. The molecule has 7 unspecified atom stereocenters. The highest BCUT2D eigenvalue weighted by molar-refractivity contribution is 6.13. The second kappa shape index (κ2) is 12.5. The predicted octanol–water partition coefficient (Wildman–Crippen LogP) is 15.9. The first kappa shape index (κ1) is 35.2. The first-order valence-electron chi connectivity index (χ1n) is 24.1. The Balaban J connectivity index is 0.827. The van der Waals surface area contributed by atoms with Crippen LogP contribution in [0.25, 0.3) is 99.1 Å². The third-order valence-electron chi connectivity index (χ3n) is 17.6. The lowest BCUT2D eigenvalue weighted by Crippen LogP contribution is -2.46. The summed E-state index contributed by atoms with van der Waals surface area (Å²) in [6.45, 7) is 0. The zero-order valence-corrected chi connectivity index (χ0v) is 36.2. The van der Waals surface area contributed by atoms with Crippen LogP contribution in [0.3, 0.4) is 0 Å². The highest BCUT2D eigenvalue weighted by atomic mass is 15.0. The van der Waals surface area contributed by atoms with Gasteiger partial charge in [-0.3, -0.25) is 0 Å². The first-order chi connectivity index (χ1) is 32.2. The van der Waals surface area contributed by atoms with Crippen LogP contribution in [0.1, 0.15) is 36.8 Å². The summed E-state index contributed by atoms with van der Waals surface area (Å²) in [5, 5.41) is 7.68. The minimum absolute atomic E-state index is 0.163. The van der Waals surface area contributed by atoms with Crippen LogP contribution in [0.4, 0.5) is 0 Å². The summed E-state index contributed by atoms with van der Waals surface area (Å²) in [4.78, 5) is 0. The molecule has 0 N–H and O–H groups in total. The van der Waals surface area contributed by atoms with E-state index >= 15 is 0 Å². The molecule has 4 saturated carbocycles. The molecule has 2 heteroatoms. The molecule has 2 nitrogen and oxygen atoms in total. The van der Waals surface area contributed by atoms with Gasteiger partial charge in [0.05, 0.1) is 22.1 Å². The Morgan fingerprint density at radius 1 is 0.385 bits per heavy atom. The summed E-state index contributed by atoms with van der Waals surface area (Å²) in [5.41, 5.74) is 18.8. The SMILES string of the molecule is c1cc(-c2ccc3ccccc3c2)cc(-n2c3ccccc3c3cc(-c4ccc5c(c4)c4ccccc4n5-c4ccc5c(c4)C4(c6ccccc6-5)C5CC6CC(C5)C5C(C6)C54)ccc32)c1. The van der Waals surface area contributed by atoms with E-state index in [-0.39, 0.29) is 5.41 Å². The molecule has 11 aromatic rings. The standard InChI is InChI=1S/C63H46N2/c1-2-11-39-31-41(21-20-38(39)10-1)40-12-9-13-46(33-40)64-57-18-7-4-15-50(57)52-34-42(22-26-59(52)64)43-23-27-60-53(35-43)51-16-5-8-19-58(51)65(60)47-24-25-49-48-14-3-6-17-55(48)63(56(49)36-47)45-29-37-28-44(32-45)61-54(30-37)62(61)63/h1-27,31,33-37,44-45,54,61-62H,28-30,32H2. The van der Waals surface area contributed by atoms with Gasteiger partial charge in [0.1, 0.15) is 0 Å². The molecule has 0 saturated heterocycles. The molecule has 308 valence electrons. The van der Waals surface area contributed by atoms with Crippen molar-refractivity contribution in [3.8, 4) is 44.8 Å². The fraction of sp³-hybridized carbons (Fsp3) is 0.175. The third kappa shape index (κ3) is 4.60. The van der Waals surface area contributed by atoms with Crippen molar-refractivity contribution < 1.29 is 0 Å². The summed E-state index contributed by atoms with van der Waals surface area (Å²) < 4.78 is 5.02. The molecule has 0 aliphatic heterocycles. The quantitative estimate of drug-likeness (QED) is 0.167. The van der Waals surface area contributed by atoms with Gasteiger partial charge in [-0.15, -0.1) is 0 Å². The van der Waals surface area contributed by atoms with Gasteiger partial charge >= 0.3 is 0 Å². The van der Waals surface area contributed by atoms with Crippen LogP contribution in [0.2, 0.25) is 0 Å². The van der Waals surface area contributed by atoms with Crippen molar-refractivity contribution in [1.29, 1.82) is 0 Å². The zero-order chi connectivity index (χ0) is 42.1. The van der Waals surface area contributed by atoms with E-state index in [0.29, 0.717) is 0 Å². The number of para-hydroxylation sites is 2. The van der Waals surface area contributed by atoms with E-state index in [0.717, 1.165) is 35.5 Å². The minimum Gasteiger partial charge on any atom is -0.309 e. The van der Waals surface area contributed by atoms with Crippen molar-refractivity contribution in [1.82, 2.24) is 9.13 Å². The molecule has 2 heterocycles.